The van der Waals surface area contributed by atoms with Crippen molar-refractivity contribution in [3.8, 4) is 22.4 Å². The molecule has 0 saturated heterocycles. The fraction of sp³-hybridized carbons (Fsp3) is 0.222. The van der Waals surface area contributed by atoms with Crippen molar-refractivity contribution in [2.24, 2.45) is 5.92 Å². The van der Waals surface area contributed by atoms with Crippen LogP contribution in [0.25, 0.3) is 22.4 Å². The van der Waals surface area contributed by atoms with Gasteiger partial charge in [0.1, 0.15) is 11.6 Å². The SMILES string of the molecule is CC(C)Cn1ncc(-c2ccncc2)c1-c1c(F)cccc1F. The Morgan fingerprint density at radius 2 is 1.70 bits per heavy atom. The van der Waals surface area contributed by atoms with E-state index in [0.29, 0.717) is 23.7 Å². The maximum atomic E-state index is 14.3. The lowest BCUT2D eigenvalue weighted by atomic mass is 10.0. The van der Waals surface area contributed by atoms with Gasteiger partial charge in [-0.1, -0.05) is 19.9 Å². The van der Waals surface area contributed by atoms with Crippen LogP contribution in [-0.2, 0) is 6.54 Å². The van der Waals surface area contributed by atoms with E-state index in [9.17, 15) is 8.78 Å². The second-order valence-corrected chi connectivity index (χ2v) is 5.82. The molecule has 118 valence electrons. The monoisotopic (exact) mass is 313 g/mol. The molecule has 0 amide bonds. The molecule has 0 unspecified atom stereocenters. The van der Waals surface area contributed by atoms with Gasteiger partial charge in [0.2, 0.25) is 0 Å². The lowest BCUT2D eigenvalue weighted by Gasteiger charge is -2.13. The zero-order valence-electron chi connectivity index (χ0n) is 13.0. The predicted molar refractivity (Wildman–Crippen MR) is 85.6 cm³/mol. The van der Waals surface area contributed by atoms with E-state index in [1.807, 2.05) is 13.8 Å². The van der Waals surface area contributed by atoms with Crippen molar-refractivity contribution in [2.45, 2.75) is 20.4 Å². The fourth-order valence-corrected chi connectivity index (χ4v) is 2.60. The molecule has 3 nitrogen and oxygen atoms in total. The Bertz CT molecular complexity index is 790. The Labute approximate surface area is 133 Å². The van der Waals surface area contributed by atoms with Gasteiger partial charge in [-0.2, -0.15) is 5.10 Å². The van der Waals surface area contributed by atoms with E-state index in [1.54, 1.807) is 35.4 Å². The van der Waals surface area contributed by atoms with Crippen LogP contribution in [0.3, 0.4) is 0 Å². The van der Waals surface area contributed by atoms with Gasteiger partial charge in [-0.25, -0.2) is 8.78 Å². The van der Waals surface area contributed by atoms with E-state index >= 15 is 0 Å². The maximum Gasteiger partial charge on any atom is 0.135 e. The van der Waals surface area contributed by atoms with E-state index in [2.05, 4.69) is 10.1 Å². The van der Waals surface area contributed by atoms with Crippen molar-refractivity contribution in [3.05, 3.63) is 60.6 Å². The van der Waals surface area contributed by atoms with Gasteiger partial charge in [-0.15, -0.1) is 0 Å². The highest BCUT2D eigenvalue weighted by atomic mass is 19.1. The number of hydrogen-bond donors (Lipinski definition) is 0. The van der Waals surface area contributed by atoms with Crippen LogP contribution in [0.4, 0.5) is 8.78 Å². The molecule has 2 aromatic heterocycles. The van der Waals surface area contributed by atoms with Crippen molar-refractivity contribution in [1.29, 1.82) is 0 Å². The standard InChI is InChI=1S/C18H17F2N3/c1-12(2)11-23-18(17-15(19)4-3-5-16(17)20)14(10-22-23)13-6-8-21-9-7-13/h3-10,12H,11H2,1-2H3. The average Bonchev–Trinajstić information content (AvgIpc) is 2.91. The molecule has 2 heterocycles. The Kier molecular flexibility index (Phi) is 4.19. The van der Waals surface area contributed by atoms with Crippen molar-refractivity contribution in [2.75, 3.05) is 0 Å². The molecule has 0 aliphatic carbocycles. The topological polar surface area (TPSA) is 30.7 Å². The highest BCUT2D eigenvalue weighted by Gasteiger charge is 2.21. The van der Waals surface area contributed by atoms with Crippen LogP contribution in [0.2, 0.25) is 0 Å². The molecule has 23 heavy (non-hydrogen) atoms. The molecular formula is C18H17F2N3. The number of aromatic nitrogens is 3. The van der Waals surface area contributed by atoms with Crippen LogP contribution >= 0.6 is 0 Å². The molecule has 0 spiro atoms. The first-order valence-corrected chi connectivity index (χ1v) is 7.48. The molecular weight excluding hydrogens is 296 g/mol. The van der Waals surface area contributed by atoms with Gasteiger partial charge in [0, 0.05) is 24.5 Å². The Morgan fingerprint density at radius 3 is 2.30 bits per heavy atom. The number of rotatable bonds is 4. The molecule has 0 aliphatic heterocycles. The Hall–Kier alpha value is -2.56. The summed E-state index contributed by atoms with van der Waals surface area (Å²) in [5.41, 5.74) is 1.93. The molecule has 0 saturated carbocycles. The van der Waals surface area contributed by atoms with Crippen LogP contribution in [0.5, 0.6) is 0 Å². The van der Waals surface area contributed by atoms with Crippen molar-refractivity contribution >= 4 is 0 Å². The van der Waals surface area contributed by atoms with Crippen molar-refractivity contribution in [1.82, 2.24) is 14.8 Å². The second-order valence-electron chi connectivity index (χ2n) is 5.82. The summed E-state index contributed by atoms with van der Waals surface area (Å²) < 4.78 is 30.3. The zero-order valence-corrected chi connectivity index (χ0v) is 13.0. The predicted octanol–water partition coefficient (Wildman–Crippen LogP) is 4.55. The number of benzene rings is 1. The summed E-state index contributed by atoms with van der Waals surface area (Å²) in [7, 11) is 0. The van der Waals surface area contributed by atoms with Gasteiger partial charge in [0.15, 0.2) is 0 Å². The third kappa shape index (κ3) is 2.99. The number of halogens is 2. The highest BCUT2D eigenvalue weighted by Crippen LogP contribution is 2.35. The maximum absolute atomic E-state index is 14.3. The lowest BCUT2D eigenvalue weighted by Crippen LogP contribution is -2.09. The van der Waals surface area contributed by atoms with Gasteiger partial charge in [0.05, 0.1) is 17.5 Å². The summed E-state index contributed by atoms with van der Waals surface area (Å²) in [5.74, 6) is -0.884. The Balaban J connectivity index is 2.26. The Morgan fingerprint density at radius 1 is 1.04 bits per heavy atom. The van der Waals surface area contributed by atoms with Gasteiger partial charge in [0.25, 0.3) is 0 Å². The van der Waals surface area contributed by atoms with Crippen LogP contribution in [0.1, 0.15) is 13.8 Å². The number of hydrogen-bond acceptors (Lipinski definition) is 2. The average molecular weight is 313 g/mol. The zero-order chi connectivity index (χ0) is 16.4. The van der Waals surface area contributed by atoms with Crippen LogP contribution in [0, 0.1) is 17.6 Å². The summed E-state index contributed by atoms with van der Waals surface area (Å²) in [6.45, 7) is 4.65. The first kappa shape index (κ1) is 15.3. The molecule has 0 N–H and O–H groups in total. The fourth-order valence-electron chi connectivity index (χ4n) is 2.60. The van der Waals surface area contributed by atoms with Crippen LogP contribution in [-0.4, -0.2) is 14.8 Å². The lowest BCUT2D eigenvalue weighted by molar-refractivity contribution is 0.484. The van der Waals surface area contributed by atoms with Gasteiger partial charge >= 0.3 is 0 Å². The third-order valence-electron chi connectivity index (χ3n) is 3.57. The second kappa shape index (κ2) is 6.28. The molecule has 3 aromatic rings. The minimum absolute atomic E-state index is 0.0440. The smallest absolute Gasteiger partial charge is 0.135 e. The molecule has 3 rings (SSSR count). The minimum atomic E-state index is -0.592. The quantitative estimate of drug-likeness (QED) is 0.707. The third-order valence-corrected chi connectivity index (χ3v) is 3.57. The molecule has 0 bridgehead atoms. The highest BCUT2D eigenvalue weighted by molar-refractivity contribution is 5.81. The van der Waals surface area contributed by atoms with E-state index in [4.69, 9.17) is 0 Å². The van der Waals surface area contributed by atoms with Gasteiger partial charge in [-0.3, -0.25) is 9.67 Å². The van der Waals surface area contributed by atoms with Gasteiger partial charge in [-0.05, 0) is 35.7 Å². The van der Waals surface area contributed by atoms with Crippen molar-refractivity contribution in [3.63, 3.8) is 0 Å². The van der Waals surface area contributed by atoms with E-state index < -0.39 is 11.6 Å². The van der Waals surface area contributed by atoms with Gasteiger partial charge < -0.3 is 0 Å². The summed E-state index contributed by atoms with van der Waals surface area (Å²) >= 11 is 0. The number of nitrogens with zero attached hydrogens (tertiary/aromatic N) is 3. The van der Waals surface area contributed by atoms with Crippen LogP contribution < -0.4 is 0 Å². The first-order valence-electron chi connectivity index (χ1n) is 7.48. The molecule has 1 aromatic carbocycles. The summed E-state index contributed by atoms with van der Waals surface area (Å²) in [5, 5.41) is 4.35. The van der Waals surface area contributed by atoms with Crippen LogP contribution in [0.15, 0.2) is 48.9 Å². The van der Waals surface area contributed by atoms with E-state index in [1.165, 1.54) is 18.2 Å². The number of pyridine rings is 1. The first-order chi connectivity index (χ1) is 11.1. The minimum Gasteiger partial charge on any atom is -0.265 e. The molecule has 0 atom stereocenters. The molecule has 0 aliphatic rings. The van der Waals surface area contributed by atoms with E-state index in [-0.39, 0.29) is 5.56 Å². The summed E-state index contributed by atoms with van der Waals surface area (Å²) in [6.07, 6.45) is 4.95. The van der Waals surface area contributed by atoms with Crippen molar-refractivity contribution < 1.29 is 8.78 Å². The molecule has 5 heteroatoms. The summed E-state index contributed by atoms with van der Waals surface area (Å²) in [6, 6.07) is 7.50. The molecule has 0 radical (unpaired) electrons. The largest absolute Gasteiger partial charge is 0.265 e. The normalized spacial score (nSPS) is 11.2. The summed E-state index contributed by atoms with van der Waals surface area (Å²) in [4.78, 5) is 3.99. The molecule has 0 fully saturated rings. The van der Waals surface area contributed by atoms with E-state index in [0.717, 1.165) is 5.56 Å².